The number of carbonyl (C=O) groups excluding carboxylic acids is 1. The average Bonchev–Trinajstić information content (AvgIpc) is 3.49. The van der Waals surface area contributed by atoms with Crippen LogP contribution in [0.5, 0.6) is 0 Å². The maximum absolute atomic E-state index is 12.5. The lowest BCUT2D eigenvalue weighted by Gasteiger charge is -2.08. The van der Waals surface area contributed by atoms with E-state index in [1.54, 1.807) is 12.1 Å². The first kappa shape index (κ1) is 21.0. The molecule has 0 fully saturated rings. The first-order valence-electron chi connectivity index (χ1n) is 9.30. The molecule has 0 bridgehead atoms. The fourth-order valence-corrected chi connectivity index (χ4v) is 4.61. The molecule has 0 radical (unpaired) electrons. The highest BCUT2D eigenvalue weighted by atomic mass is 32.2. The maximum Gasteiger partial charge on any atom is 0.338 e. The standard InChI is InChI=1S/C22H18N2O5S2/c25-22(29-14-18-15-30-21(24-18)16-6-2-1-3-7-16)17-8-4-10-20(12-17)31(26,27)23-13-19-9-5-11-28-19/h1-12,15,23H,13-14H2. The van der Waals surface area contributed by atoms with Crippen LogP contribution in [0.15, 0.2) is 87.7 Å². The van der Waals surface area contributed by atoms with Crippen LogP contribution in [0.2, 0.25) is 0 Å². The molecule has 0 atom stereocenters. The Bertz CT molecular complexity index is 1270. The summed E-state index contributed by atoms with van der Waals surface area (Å²) in [6.45, 7) is 0.00741. The van der Waals surface area contributed by atoms with Crippen LogP contribution in [-0.4, -0.2) is 19.4 Å². The normalized spacial score (nSPS) is 11.4. The van der Waals surface area contributed by atoms with E-state index in [0.717, 1.165) is 10.6 Å². The Kier molecular flexibility index (Phi) is 6.26. The second-order valence-corrected chi connectivity index (χ2v) is 9.14. The van der Waals surface area contributed by atoms with Crippen molar-refractivity contribution in [1.29, 1.82) is 0 Å². The lowest BCUT2D eigenvalue weighted by Crippen LogP contribution is -2.23. The van der Waals surface area contributed by atoms with Gasteiger partial charge < -0.3 is 9.15 Å². The molecule has 2 heterocycles. The van der Waals surface area contributed by atoms with E-state index in [2.05, 4.69) is 9.71 Å². The van der Waals surface area contributed by atoms with Crippen LogP contribution in [0.25, 0.3) is 10.6 Å². The number of furan rings is 1. The van der Waals surface area contributed by atoms with Gasteiger partial charge >= 0.3 is 5.97 Å². The molecule has 0 aliphatic heterocycles. The molecule has 0 spiro atoms. The first-order chi connectivity index (χ1) is 15.0. The zero-order valence-electron chi connectivity index (χ0n) is 16.2. The molecule has 1 N–H and O–H groups in total. The van der Waals surface area contributed by atoms with Gasteiger partial charge in [0.15, 0.2) is 0 Å². The molecular formula is C22H18N2O5S2. The Morgan fingerprint density at radius 2 is 1.90 bits per heavy atom. The predicted molar refractivity (Wildman–Crippen MR) is 116 cm³/mol. The zero-order chi connectivity index (χ0) is 21.7. The highest BCUT2D eigenvalue weighted by Crippen LogP contribution is 2.23. The number of nitrogens with one attached hydrogen (secondary N) is 1. The third-order valence-electron chi connectivity index (χ3n) is 4.32. The van der Waals surface area contributed by atoms with Crippen molar-refractivity contribution in [1.82, 2.24) is 9.71 Å². The number of hydrogen-bond acceptors (Lipinski definition) is 7. The number of benzene rings is 2. The molecule has 4 aromatic rings. The van der Waals surface area contributed by atoms with E-state index in [1.165, 1.54) is 41.9 Å². The maximum atomic E-state index is 12.5. The third kappa shape index (κ3) is 5.26. The van der Waals surface area contributed by atoms with Crippen LogP contribution >= 0.6 is 11.3 Å². The summed E-state index contributed by atoms with van der Waals surface area (Å²) in [6.07, 6.45) is 1.46. The summed E-state index contributed by atoms with van der Waals surface area (Å²) in [5, 5.41) is 2.66. The second kappa shape index (κ2) is 9.25. The number of rotatable bonds is 8. The van der Waals surface area contributed by atoms with Crippen molar-refractivity contribution < 1.29 is 22.4 Å². The molecule has 0 aliphatic rings. The Morgan fingerprint density at radius 3 is 2.68 bits per heavy atom. The monoisotopic (exact) mass is 454 g/mol. The quantitative estimate of drug-likeness (QED) is 0.400. The van der Waals surface area contributed by atoms with E-state index in [1.807, 2.05) is 35.7 Å². The van der Waals surface area contributed by atoms with Crippen LogP contribution in [-0.2, 0) is 27.9 Å². The van der Waals surface area contributed by atoms with Gasteiger partial charge in [0, 0.05) is 10.9 Å². The molecule has 0 aliphatic carbocycles. The van der Waals surface area contributed by atoms with Crippen LogP contribution in [0.3, 0.4) is 0 Å². The summed E-state index contributed by atoms with van der Waals surface area (Å²) in [5.74, 6) is -0.144. The zero-order valence-corrected chi connectivity index (χ0v) is 17.9. The van der Waals surface area contributed by atoms with Gasteiger partial charge in [0.2, 0.25) is 10.0 Å². The molecule has 4 rings (SSSR count). The third-order valence-corrected chi connectivity index (χ3v) is 6.66. The number of carbonyl (C=O) groups is 1. The molecule has 9 heteroatoms. The van der Waals surface area contributed by atoms with Crippen molar-refractivity contribution in [3.8, 4) is 10.6 Å². The topological polar surface area (TPSA) is 98.5 Å². The van der Waals surface area contributed by atoms with Crippen molar-refractivity contribution in [3.05, 3.63) is 95.4 Å². The summed E-state index contributed by atoms with van der Waals surface area (Å²) >= 11 is 1.46. The summed E-state index contributed by atoms with van der Waals surface area (Å²) in [7, 11) is -3.82. The van der Waals surface area contributed by atoms with E-state index in [-0.39, 0.29) is 23.6 Å². The number of sulfonamides is 1. The molecule has 31 heavy (non-hydrogen) atoms. The van der Waals surface area contributed by atoms with Crippen molar-refractivity contribution in [2.45, 2.75) is 18.0 Å². The van der Waals surface area contributed by atoms with Crippen molar-refractivity contribution in [3.63, 3.8) is 0 Å². The Labute approximate surface area is 183 Å². The van der Waals surface area contributed by atoms with Gasteiger partial charge in [-0.1, -0.05) is 36.4 Å². The summed E-state index contributed by atoms with van der Waals surface area (Å²) in [4.78, 5) is 16.9. The Morgan fingerprint density at radius 1 is 1.06 bits per heavy atom. The fourth-order valence-electron chi connectivity index (χ4n) is 2.76. The van der Waals surface area contributed by atoms with Crippen molar-refractivity contribution >= 4 is 27.3 Å². The molecule has 158 valence electrons. The molecule has 7 nitrogen and oxygen atoms in total. The number of ether oxygens (including phenoxy) is 1. The average molecular weight is 455 g/mol. The van der Waals surface area contributed by atoms with Gasteiger partial charge in [-0.25, -0.2) is 22.9 Å². The highest BCUT2D eigenvalue weighted by molar-refractivity contribution is 7.89. The van der Waals surface area contributed by atoms with Gasteiger partial charge in [0.25, 0.3) is 0 Å². The molecule has 0 unspecified atom stereocenters. The predicted octanol–water partition coefficient (Wildman–Crippen LogP) is 4.24. The minimum atomic E-state index is -3.82. The van der Waals surface area contributed by atoms with Crippen LogP contribution in [0.4, 0.5) is 0 Å². The molecule has 0 amide bonds. The van der Waals surface area contributed by atoms with E-state index in [0.29, 0.717) is 11.5 Å². The minimum absolute atomic E-state index is 0.00408. The molecule has 0 saturated heterocycles. The Balaban J connectivity index is 1.39. The summed E-state index contributed by atoms with van der Waals surface area (Å²) in [6, 6.07) is 18.7. The van der Waals surface area contributed by atoms with E-state index >= 15 is 0 Å². The highest BCUT2D eigenvalue weighted by Gasteiger charge is 2.17. The number of nitrogens with zero attached hydrogens (tertiary/aromatic N) is 1. The van der Waals surface area contributed by atoms with Gasteiger partial charge in [-0.2, -0.15) is 0 Å². The molecular weight excluding hydrogens is 436 g/mol. The van der Waals surface area contributed by atoms with Gasteiger partial charge in [0.1, 0.15) is 17.4 Å². The largest absolute Gasteiger partial charge is 0.468 e. The molecule has 0 saturated carbocycles. The summed E-state index contributed by atoms with van der Waals surface area (Å²) < 4.78 is 37.9. The smallest absolute Gasteiger partial charge is 0.338 e. The lowest BCUT2D eigenvalue weighted by atomic mass is 10.2. The fraction of sp³-hybridized carbons (Fsp3) is 0.0909. The van der Waals surface area contributed by atoms with Gasteiger partial charge in [-0.05, 0) is 30.3 Å². The Hall–Kier alpha value is -3.27. The number of thiazole rings is 1. The molecule has 2 aromatic heterocycles. The minimum Gasteiger partial charge on any atom is -0.468 e. The number of esters is 1. The second-order valence-electron chi connectivity index (χ2n) is 6.52. The SMILES string of the molecule is O=C(OCc1csc(-c2ccccc2)n1)c1cccc(S(=O)(=O)NCc2ccco2)c1. The summed E-state index contributed by atoms with van der Waals surface area (Å²) in [5.41, 5.74) is 1.76. The van der Waals surface area contributed by atoms with Crippen LogP contribution in [0, 0.1) is 0 Å². The van der Waals surface area contributed by atoms with Crippen molar-refractivity contribution in [2.24, 2.45) is 0 Å². The van der Waals surface area contributed by atoms with Crippen LogP contribution < -0.4 is 4.72 Å². The van der Waals surface area contributed by atoms with Gasteiger partial charge in [-0.3, -0.25) is 0 Å². The lowest BCUT2D eigenvalue weighted by molar-refractivity contribution is 0.0468. The van der Waals surface area contributed by atoms with Gasteiger partial charge in [-0.15, -0.1) is 11.3 Å². The van der Waals surface area contributed by atoms with E-state index < -0.39 is 16.0 Å². The van der Waals surface area contributed by atoms with E-state index in [9.17, 15) is 13.2 Å². The number of aromatic nitrogens is 1. The van der Waals surface area contributed by atoms with Gasteiger partial charge in [0.05, 0.1) is 29.0 Å². The van der Waals surface area contributed by atoms with Crippen molar-refractivity contribution in [2.75, 3.05) is 0 Å². The first-order valence-corrected chi connectivity index (χ1v) is 11.7. The number of hydrogen-bond donors (Lipinski definition) is 1. The van der Waals surface area contributed by atoms with E-state index in [4.69, 9.17) is 9.15 Å². The van der Waals surface area contributed by atoms with Crippen LogP contribution in [0.1, 0.15) is 21.8 Å². The molecule has 2 aromatic carbocycles.